The van der Waals surface area contributed by atoms with Crippen molar-refractivity contribution in [2.75, 3.05) is 13.2 Å². The average molecular weight is 514 g/mol. The van der Waals surface area contributed by atoms with Crippen LogP contribution in [0.1, 0.15) is 57.1 Å². The summed E-state index contributed by atoms with van der Waals surface area (Å²) in [5.41, 5.74) is 0.546. The fraction of sp³-hybridized carbons (Fsp3) is 0.500. The number of aliphatic hydroxyl groups excluding tert-OH is 1. The van der Waals surface area contributed by atoms with Crippen molar-refractivity contribution in [2.45, 2.75) is 69.5 Å². The number of carbonyl (C=O) groups excluding carboxylic acids is 1. The summed E-state index contributed by atoms with van der Waals surface area (Å²) in [4.78, 5) is 15.9. The zero-order valence-electron chi connectivity index (χ0n) is 20.5. The molecule has 5 nitrogen and oxygen atoms in total. The summed E-state index contributed by atoms with van der Waals surface area (Å²) in [5, 5.41) is 25.6. The Labute approximate surface area is 218 Å². The second-order valence-electron chi connectivity index (χ2n) is 11.0. The minimum absolute atomic E-state index is 0.0632. The van der Waals surface area contributed by atoms with Crippen LogP contribution in [-0.4, -0.2) is 47.2 Å². The van der Waals surface area contributed by atoms with Crippen LogP contribution in [0, 0.1) is 16.7 Å². The number of nitrogens with zero attached hydrogens (tertiary/aromatic N) is 2. The highest BCUT2D eigenvalue weighted by molar-refractivity contribution is 6.30. The first kappa shape index (κ1) is 26.0. The lowest BCUT2D eigenvalue weighted by Crippen LogP contribution is -2.49. The van der Waals surface area contributed by atoms with Crippen molar-refractivity contribution in [3.05, 3.63) is 69.7 Å². The lowest BCUT2D eigenvalue weighted by atomic mass is 9.63. The summed E-state index contributed by atoms with van der Waals surface area (Å²) >= 11 is 12.6. The Bertz CT molecular complexity index is 1110. The van der Waals surface area contributed by atoms with Crippen LogP contribution in [0.4, 0.5) is 0 Å². The van der Waals surface area contributed by atoms with E-state index in [1.165, 1.54) is 0 Å². The molecule has 2 saturated heterocycles. The molecule has 0 radical (unpaired) electrons. The first-order valence-corrected chi connectivity index (χ1v) is 13.0. The molecule has 0 aromatic heterocycles. The quantitative estimate of drug-likeness (QED) is 0.568. The molecule has 2 aliphatic heterocycles. The zero-order valence-corrected chi connectivity index (χ0v) is 22.0. The smallest absolute Gasteiger partial charge is 0.240 e. The molecule has 7 heteroatoms. The number of rotatable bonds is 5. The molecule has 2 aliphatic rings. The van der Waals surface area contributed by atoms with Crippen molar-refractivity contribution in [1.82, 2.24) is 10.2 Å². The topological polar surface area (TPSA) is 76.4 Å². The van der Waals surface area contributed by atoms with Crippen molar-refractivity contribution in [3.8, 4) is 6.07 Å². The highest BCUT2D eigenvalue weighted by Crippen LogP contribution is 2.52. The van der Waals surface area contributed by atoms with Gasteiger partial charge in [0.2, 0.25) is 5.91 Å². The molecule has 0 spiro atoms. The molecule has 0 bridgehead atoms. The maximum atomic E-state index is 14.1. The van der Waals surface area contributed by atoms with E-state index in [-0.39, 0.29) is 30.0 Å². The first-order valence-electron chi connectivity index (χ1n) is 12.2. The van der Waals surface area contributed by atoms with E-state index in [0.29, 0.717) is 23.0 Å². The molecule has 35 heavy (non-hydrogen) atoms. The molecule has 4 rings (SSSR count). The standard InChI is InChI=1S/C28H33Cl2N3O2/c1-27(2,3)15-23-28(17-31,19-9-11-20(29)12-10-19)24(18-6-4-7-21(30)14-18)25(32-23)26(35)33-13-5-8-22(33)16-34/h4,6-7,9-12,14,22-25,32,34H,5,8,13,15-16H2,1-3H3/t22?,23-,24-,25+,28-/m1/s1. The Hall–Kier alpha value is -2.10. The minimum atomic E-state index is -1.03. The van der Waals surface area contributed by atoms with Crippen molar-refractivity contribution >= 4 is 29.1 Å². The Morgan fingerprint density at radius 3 is 2.51 bits per heavy atom. The molecule has 1 amide bonds. The van der Waals surface area contributed by atoms with Gasteiger partial charge in [0.1, 0.15) is 5.41 Å². The number of aliphatic hydroxyl groups is 1. The third kappa shape index (κ3) is 4.95. The number of carbonyl (C=O) groups is 1. The van der Waals surface area contributed by atoms with Gasteiger partial charge in [-0.05, 0) is 60.1 Å². The zero-order chi connectivity index (χ0) is 25.4. The molecule has 186 valence electrons. The number of halogens is 2. The Kier molecular flexibility index (Phi) is 7.50. The molecule has 0 saturated carbocycles. The molecule has 0 aliphatic carbocycles. The van der Waals surface area contributed by atoms with Gasteiger partial charge >= 0.3 is 0 Å². The summed E-state index contributed by atoms with van der Waals surface area (Å²) in [7, 11) is 0. The second kappa shape index (κ2) is 10.1. The van der Waals surface area contributed by atoms with E-state index >= 15 is 0 Å². The van der Waals surface area contributed by atoms with Crippen LogP contribution in [0.3, 0.4) is 0 Å². The van der Waals surface area contributed by atoms with E-state index in [4.69, 9.17) is 23.2 Å². The molecule has 5 atom stereocenters. The monoisotopic (exact) mass is 513 g/mol. The fourth-order valence-corrected chi connectivity index (χ4v) is 6.26. The van der Waals surface area contributed by atoms with Gasteiger partial charge in [-0.2, -0.15) is 5.26 Å². The fourth-order valence-electron chi connectivity index (χ4n) is 5.94. The van der Waals surface area contributed by atoms with Crippen molar-refractivity contribution in [3.63, 3.8) is 0 Å². The molecule has 2 aromatic rings. The third-order valence-electron chi connectivity index (χ3n) is 7.42. The van der Waals surface area contributed by atoms with Gasteiger partial charge in [0.05, 0.1) is 24.8 Å². The number of benzene rings is 2. The predicted molar refractivity (Wildman–Crippen MR) is 140 cm³/mol. The van der Waals surface area contributed by atoms with Crippen LogP contribution in [0.25, 0.3) is 0 Å². The van der Waals surface area contributed by atoms with Crippen molar-refractivity contribution in [1.29, 1.82) is 5.26 Å². The van der Waals surface area contributed by atoms with E-state index in [9.17, 15) is 15.2 Å². The molecular formula is C28H33Cl2N3O2. The number of hydrogen-bond donors (Lipinski definition) is 2. The molecule has 2 aromatic carbocycles. The number of nitriles is 1. The van der Waals surface area contributed by atoms with Crippen LogP contribution in [0.5, 0.6) is 0 Å². The van der Waals surface area contributed by atoms with Crippen LogP contribution in [0.15, 0.2) is 48.5 Å². The summed E-state index contributed by atoms with van der Waals surface area (Å²) < 4.78 is 0. The number of nitrogens with one attached hydrogen (secondary N) is 1. The third-order valence-corrected chi connectivity index (χ3v) is 7.91. The van der Waals surface area contributed by atoms with Gasteiger partial charge in [0, 0.05) is 28.5 Å². The number of likely N-dealkylation sites (tertiary alicyclic amines) is 1. The molecule has 2 N–H and O–H groups in total. The highest BCUT2D eigenvalue weighted by atomic mass is 35.5. The van der Waals surface area contributed by atoms with E-state index in [0.717, 1.165) is 24.0 Å². The maximum Gasteiger partial charge on any atom is 0.240 e. The molecule has 2 heterocycles. The van der Waals surface area contributed by atoms with Gasteiger partial charge in [-0.3, -0.25) is 4.79 Å². The first-order chi connectivity index (χ1) is 16.6. The van der Waals surface area contributed by atoms with Crippen LogP contribution in [0.2, 0.25) is 10.0 Å². The lowest BCUT2D eigenvalue weighted by Gasteiger charge is -2.37. The van der Waals surface area contributed by atoms with Gasteiger partial charge in [-0.15, -0.1) is 0 Å². The molecule has 2 fully saturated rings. The molecule has 1 unspecified atom stereocenters. The van der Waals surface area contributed by atoms with Crippen LogP contribution in [-0.2, 0) is 10.2 Å². The van der Waals surface area contributed by atoms with Crippen molar-refractivity contribution in [2.24, 2.45) is 5.41 Å². The Balaban J connectivity index is 1.92. The van der Waals surface area contributed by atoms with Crippen molar-refractivity contribution < 1.29 is 9.90 Å². The van der Waals surface area contributed by atoms with Crippen LogP contribution >= 0.6 is 23.2 Å². The Morgan fingerprint density at radius 2 is 1.91 bits per heavy atom. The van der Waals surface area contributed by atoms with Gasteiger partial charge < -0.3 is 15.3 Å². The van der Waals surface area contributed by atoms with Gasteiger partial charge in [-0.25, -0.2) is 0 Å². The summed E-state index contributed by atoms with van der Waals surface area (Å²) in [6.45, 7) is 6.97. The number of amides is 1. The minimum Gasteiger partial charge on any atom is -0.394 e. The van der Waals surface area contributed by atoms with Crippen LogP contribution < -0.4 is 5.32 Å². The highest BCUT2D eigenvalue weighted by Gasteiger charge is 2.60. The SMILES string of the molecule is CC(C)(C)C[C@H]1N[C@H](C(=O)N2CCCC2CO)[C@@H](c2cccc(Cl)c2)[C@]1(C#N)c1ccc(Cl)cc1. The van der Waals surface area contributed by atoms with Gasteiger partial charge in [-0.1, -0.05) is 68.2 Å². The predicted octanol–water partition coefficient (Wildman–Crippen LogP) is 5.30. The Morgan fingerprint density at radius 1 is 1.20 bits per heavy atom. The largest absolute Gasteiger partial charge is 0.394 e. The summed E-state index contributed by atoms with van der Waals surface area (Å²) in [6, 6.07) is 16.5. The lowest BCUT2D eigenvalue weighted by molar-refractivity contribution is -0.135. The van der Waals surface area contributed by atoms with E-state index in [2.05, 4.69) is 32.2 Å². The van der Waals surface area contributed by atoms with Gasteiger partial charge in [0.15, 0.2) is 0 Å². The van der Waals surface area contributed by atoms with E-state index < -0.39 is 17.4 Å². The average Bonchev–Trinajstić information content (AvgIpc) is 3.41. The van der Waals surface area contributed by atoms with Gasteiger partial charge in [0.25, 0.3) is 0 Å². The second-order valence-corrected chi connectivity index (χ2v) is 11.9. The summed E-state index contributed by atoms with van der Waals surface area (Å²) in [5.74, 6) is -0.552. The summed E-state index contributed by atoms with van der Waals surface area (Å²) in [6.07, 6.45) is 2.33. The molecular weight excluding hydrogens is 481 g/mol. The van der Waals surface area contributed by atoms with E-state index in [1.54, 1.807) is 23.1 Å². The number of hydrogen-bond acceptors (Lipinski definition) is 4. The normalized spacial score (nSPS) is 28.8. The van der Waals surface area contributed by atoms with E-state index in [1.807, 2.05) is 30.3 Å². The maximum absolute atomic E-state index is 14.1.